The molecule has 2 N–H and O–H groups in total. The highest BCUT2D eigenvalue weighted by Crippen LogP contribution is 2.16. The maximum atomic E-state index is 4.47. The van der Waals surface area contributed by atoms with Crippen LogP contribution in [0.4, 0.5) is 0 Å². The Bertz CT molecular complexity index is 753. The lowest BCUT2D eigenvalue weighted by Gasteiger charge is -2.22. The first-order chi connectivity index (χ1) is 13.8. The summed E-state index contributed by atoms with van der Waals surface area (Å²) in [5, 5.41) is 7.94. The summed E-state index contributed by atoms with van der Waals surface area (Å²) in [5.41, 5.74) is 2.76. The predicted molar refractivity (Wildman–Crippen MR) is 134 cm³/mol. The molecule has 29 heavy (non-hydrogen) atoms. The fourth-order valence-electron chi connectivity index (χ4n) is 3.57. The van der Waals surface area contributed by atoms with Crippen LogP contribution >= 0.6 is 35.3 Å². The Hall–Kier alpha value is -1.19. The molecule has 160 valence electrons. The second-order valence-corrected chi connectivity index (χ2v) is 8.51. The summed E-state index contributed by atoms with van der Waals surface area (Å²) in [6.45, 7) is 7.13. The van der Waals surface area contributed by atoms with Crippen molar-refractivity contribution in [3.8, 4) is 0 Å². The first-order valence-corrected chi connectivity index (χ1v) is 11.3. The Kier molecular flexibility index (Phi) is 10.9. The zero-order valence-corrected chi connectivity index (χ0v) is 20.8. The lowest BCUT2D eigenvalue weighted by atomic mass is 10.1. The molecule has 1 aliphatic rings. The van der Waals surface area contributed by atoms with Gasteiger partial charge in [-0.1, -0.05) is 44.0 Å². The van der Waals surface area contributed by atoms with Crippen LogP contribution in [0.5, 0.6) is 0 Å². The minimum Gasteiger partial charge on any atom is -0.352 e. The molecule has 1 aliphatic heterocycles. The van der Waals surface area contributed by atoms with E-state index in [0.29, 0.717) is 6.54 Å². The molecule has 0 spiro atoms. The molecule has 1 fully saturated rings. The zero-order valence-electron chi connectivity index (χ0n) is 17.6. The lowest BCUT2D eigenvalue weighted by Crippen LogP contribution is -2.36. The minimum atomic E-state index is 0. The summed E-state index contributed by atoms with van der Waals surface area (Å²) in [4.78, 5) is 12.8. The van der Waals surface area contributed by atoms with Gasteiger partial charge in [0.2, 0.25) is 0 Å². The highest BCUT2D eigenvalue weighted by Gasteiger charge is 2.12. The molecule has 2 heterocycles. The molecular weight excluding hydrogens is 493 g/mol. The molecule has 0 atom stereocenters. The Labute approximate surface area is 196 Å². The van der Waals surface area contributed by atoms with Gasteiger partial charge < -0.3 is 10.6 Å². The smallest absolute Gasteiger partial charge is 0.191 e. The number of aromatic nitrogens is 1. The van der Waals surface area contributed by atoms with E-state index in [-0.39, 0.29) is 24.0 Å². The fourth-order valence-corrected chi connectivity index (χ4v) is 4.37. The minimum absolute atomic E-state index is 0. The summed E-state index contributed by atoms with van der Waals surface area (Å²) in [6, 6.07) is 8.76. The van der Waals surface area contributed by atoms with Crippen LogP contribution in [0.1, 0.15) is 53.6 Å². The van der Waals surface area contributed by atoms with E-state index < -0.39 is 0 Å². The molecule has 1 saturated heterocycles. The monoisotopic (exact) mass is 527 g/mol. The molecule has 7 heteroatoms. The van der Waals surface area contributed by atoms with Crippen molar-refractivity contribution in [2.24, 2.45) is 4.99 Å². The fraction of sp³-hybridized carbons (Fsp3) is 0.545. The van der Waals surface area contributed by atoms with E-state index >= 15 is 0 Å². The zero-order chi connectivity index (χ0) is 19.6. The Morgan fingerprint density at radius 1 is 1.07 bits per heavy atom. The molecule has 2 aromatic rings. The van der Waals surface area contributed by atoms with E-state index in [1.54, 1.807) is 11.3 Å². The van der Waals surface area contributed by atoms with E-state index in [1.807, 2.05) is 13.2 Å². The largest absolute Gasteiger partial charge is 0.352 e. The summed E-state index contributed by atoms with van der Waals surface area (Å²) in [6.07, 6.45) is 8.41. The number of nitrogens with zero attached hydrogens (tertiary/aromatic N) is 3. The third kappa shape index (κ3) is 7.86. The van der Waals surface area contributed by atoms with Gasteiger partial charge in [-0.25, -0.2) is 4.98 Å². The van der Waals surface area contributed by atoms with E-state index in [4.69, 9.17) is 0 Å². The van der Waals surface area contributed by atoms with Gasteiger partial charge >= 0.3 is 0 Å². The molecule has 1 aromatic carbocycles. The SMILES string of the molecule is CCc1cnc(CNC(=NC)NCc2ccccc2CN2CCCCCC2)s1.I. The number of rotatable bonds is 7. The van der Waals surface area contributed by atoms with E-state index in [0.717, 1.165) is 30.5 Å². The van der Waals surface area contributed by atoms with Crippen LogP contribution in [-0.2, 0) is 26.1 Å². The molecule has 1 aromatic heterocycles. The van der Waals surface area contributed by atoms with Crippen molar-refractivity contribution in [3.05, 3.63) is 51.5 Å². The molecule has 3 rings (SSSR count). The van der Waals surface area contributed by atoms with Crippen LogP contribution in [-0.4, -0.2) is 36.0 Å². The van der Waals surface area contributed by atoms with Crippen molar-refractivity contribution in [1.29, 1.82) is 0 Å². The summed E-state index contributed by atoms with van der Waals surface area (Å²) in [5.74, 6) is 0.817. The highest BCUT2D eigenvalue weighted by molar-refractivity contribution is 14.0. The van der Waals surface area contributed by atoms with Gasteiger partial charge in [0.05, 0.1) is 6.54 Å². The standard InChI is InChI=1S/C22H33N5S.HI/c1-3-20-15-24-21(28-20)16-26-22(23-2)25-14-18-10-6-7-11-19(18)17-27-12-8-4-5-9-13-27;/h6-7,10-11,15H,3-5,8-9,12-14,16-17H2,1-2H3,(H2,23,25,26);1H. The van der Waals surface area contributed by atoms with Crippen molar-refractivity contribution in [2.75, 3.05) is 20.1 Å². The first kappa shape index (κ1) is 24.1. The molecule has 5 nitrogen and oxygen atoms in total. The third-order valence-electron chi connectivity index (χ3n) is 5.24. The number of guanidine groups is 1. The third-order valence-corrected chi connectivity index (χ3v) is 6.38. The number of aryl methyl sites for hydroxylation is 1. The van der Waals surface area contributed by atoms with E-state index in [1.165, 1.54) is 54.8 Å². The highest BCUT2D eigenvalue weighted by atomic mass is 127. The number of thiazole rings is 1. The molecule has 0 bridgehead atoms. The molecule has 0 saturated carbocycles. The van der Waals surface area contributed by atoms with Crippen LogP contribution in [0.25, 0.3) is 0 Å². The normalized spacial score (nSPS) is 15.4. The van der Waals surface area contributed by atoms with Gasteiger partial charge in [0.25, 0.3) is 0 Å². The maximum Gasteiger partial charge on any atom is 0.191 e. The van der Waals surface area contributed by atoms with Gasteiger partial charge in [-0.15, -0.1) is 35.3 Å². The van der Waals surface area contributed by atoms with Gasteiger partial charge in [0, 0.05) is 31.2 Å². The van der Waals surface area contributed by atoms with Crippen LogP contribution in [0.2, 0.25) is 0 Å². The number of hydrogen-bond donors (Lipinski definition) is 2. The van der Waals surface area contributed by atoms with Crippen LogP contribution < -0.4 is 10.6 Å². The number of nitrogens with one attached hydrogen (secondary N) is 2. The molecule has 0 radical (unpaired) electrons. The van der Waals surface area contributed by atoms with Crippen LogP contribution in [0.3, 0.4) is 0 Å². The number of aliphatic imine (C=N–C) groups is 1. The van der Waals surface area contributed by atoms with Gasteiger partial charge in [-0.3, -0.25) is 9.89 Å². The molecular formula is C22H34IN5S. The second kappa shape index (κ2) is 13.2. The average molecular weight is 528 g/mol. The Balaban J connectivity index is 0.00000300. The quantitative estimate of drug-likeness (QED) is 0.315. The van der Waals surface area contributed by atoms with Crippen molar-refractivity contribution >= 4 is 41.3 Å². The average Bonchev–Trinajstić information content (AvgIpc) is 3.04. The van der Waals surface area contributed by atoms with Gasteiger partial charge in [0.1, 0.15) is 5.01 Å². The Morgan fingerprint density at radius 3 is 2.41 bits per heavy atom. The maximum absolute atomic E-state index is 4.47. The Morgan fingerprint density at radius 2 is 1.76 bits per heavy atom. The van der Waals surface area contributed by atoms with Crippen LogP contribution in [0.15, 0.2) is 35.5 Å². The number of benzene rings is 1. The first-order valence-electron chi connectivity index (χ1n) is 10.5. The van der Waals surface area contributed by atoms with Gasteiger partial charge in [0.15, 0.2) is 5.96 Å². The molecule has 0 amide bonds. The molecule has 0 unspecified atom stereocenters. The summed E-state index contributed by atoms with van der Waals surface area (Å²) in [7, 11) is 1.82. The van der Waals surface area contributed by atoms with Crippen molar-refractivity contribution < 1.29 is 0 Å². The second-order valence-electron chi connectivity index (χ2n) is 7.31. The van der Waals surface area contributed by atoms with Gasteiger partial charge in [-0.2, -0.15) is 0 Å². The van der Waals surface area contributed by atoms with Gasteiger partial charge in [-0.05, 0) is 43.5 Å². The number of hydrogen-bond acceptors (Lipinski definition) is 4. The van der Waals surface area contributed by atoms with E-state index in [2.05, 4.69) is 56.7 Å². The van der Waals surface area contributed by atoms with Crippen molar-refractivity contribution in [2.45, 2.75) is 58.7 Å². The van der Waals surface area contributed by atoms with Crippen molar-refractivity contribution in [1.82, 2.24) is 20.5 Å². The molecule has 0 aliphatic carbocycles. The van der Waals surface area contributed by atoms with Crippen LogP contribution in [0, 0.1) is 0 Å². The topological polar surface area (TPSA) is 52.6 Å². The number of likely N-dealkylation sites (tertiary alicyclic amines) is 1. The summed E-state index contributed by atoms with van der Waals surface area (Å²) >= 11 is 1.76. The van der Waals surface area contributed by atoms with Crippen molar-refractivity contribution in [3.63, 3.8) is 0 Å². The summed E-state index contributed by atoms with van der Waals surface area (Å²) < 4.78 is 0. The number of halogens is 1. The predicted octanol–water partition coefficient (Wildman–Crippen LogP) is 4.56. The lowest BCUT2D eigenvalue weighted by molar-refractivity contribution is 0.276. The van der Waals surface area contributed by atoms with E-state index in [9.17, 15) is 0 Å².